The van der Waals surface area contributed by atoms with E-state index >= 15 is 0 Å². The van der Waals surface area contributed by atoms with Gasteiger partial charge in [-0.3, -0.25) is 0 Å². The van der Waals surface area contributed by atoms with Crippen molar-refractivity contribution in [3.63, 3.8) is 0 Å². The SMILES string of the molecule is CS(=O)(=O)N1CCNCC1.Cc1ccnc(N)n1. The van der Waals surface area contributed by atoms with Crippen LogP contribution in [-0.4, -0.2) is 55.1 Å². The van der Waals surface area contributed by atoms with Crippen molar-refractivity contribution >= 4 is 16.0 Å². The second-order valence-corrected chi connectivity index (χ2v) is 5.95. The minimum Gasteiger partial charge on any atom is -0.368 e. The van der Waals surface area contributed by atoms with E-state index in [-0.39, 0.29) is 0 Å². The van der Waals surface area contributed by atoms with Crippen molar-refractivity contribution in [2.24, 2.45) is 0 Å². The van der Waals surface area contributed by atoms with Crippen LogP contribution in [0, 0.1) is 6.92 Å². The normalized spacial score (nSPS) is 16.8. The van der Waals surface area contributed by atoms with Crippen LogP contribution in [0.2, 0.25) is 0 Å². The van der Waals surface area contributed by atoms with Crippen LogP contribution in [0.15, 0.2) is 12.3 Å². The summed E-state index contributed by atoms with van der Waals surface area (Å²) < 4.78 is 23.3. The number of nitrogens with zero attached hydrogens (tertiary/aromatic N) is 3. The molecule has 1 saturated heterocycles. The molecule has 1 aromatic heterocycles. The van der Waals surface area contributed by atoms with Crippen molar-refractivity contribution in [1.82, 2.24) is 19.6 Å². The Morgan fingerprint density at radius 1 is 1.39 bits per heavy atom. The van der Waals surface area contributed by atoms with Gasteiger partial charge in [0.25, 0.3) is 0 Å². The lowest BCUT2D eigenvalue weighted by atomic mass is 10.4. The number of hydrogen-bond donors (Lipinski definition) is 2. The molecule has 0 spiro atoms. The zero-order valence-electron chi connectivity index (χ0n) is 10.6. The molecule has 3 N–H and O–H groups in total. The van der Waals surface area contributed by atoms with Crippen molar-refractivity contribution in [1.29, 1.82) is 0 Å². The van der Waals surface area contributed by atoms with Crippen LogP contribution in [0.3, 0.4) is 0 Å². The summed E-state index contributed by atoms with van der Waals surface area (Å²) in [4.78, 5) is 7.55. The number of nitrogen functional groups attached to an aromatic ring is 1. The average Bonchev–Trinajstić information content (AvgIpc) is 2.29. The number of hydrogen-bond acceptors (Lipinski definition) is 6. The van der Waals surface area contributed by atoms with Crippen LogP contribution in [0.1, 0.15) is 5.69 Å². The molecule has 1 fully saturated rings. The molecule has 18 heavy (non-hydrogen) atoms. The van der Waals surface area contributed by atoms with Gasteiger partial charge in [-0.2, -0.15) is 4.31 Å². The first-order valence-corrected chi connectivity index (χ1v) is 7.45. The minimum absolute atomic E-state index is 0.338. The first-order valence-electron chi connectivity index (χ1n) is 5.60. The summed E-state index contributed by atoms with van der Waals surface area (Å²) in [5, 5.41) is 3.08. The zero-order valence-corrected chi connectivity index (χ0v) is 11.4. The maximum atomic E-state index is 10.9. The smallest absolute Gasteiger partial charge is 0.220 e. The number of anilines is 1. The number of nitrogens with two attached hydrogens (primary N) is 1. The van der Waals surface area contributed by atoms with E-state index in [1.807, 2.05) is 6.92 Å². The van der Waals surface area contributed by atoms with E-state index in [1.54, 1.807) is 12.3 Å². The van der Waals surface area contributed by atoms with Crippen LogP contribution in [-0.2, 0) is 10.0 Å². The molecule has 1 aromatic rings. The monoisotopic (exact) mass is 273 g/mol. The van der Waals surface area contributed by atoms with Crippen molar-refractivity contribution in [3.8, 4) is 0 Å². The Bertz CT molecular complexity index is 454. The van der Waals surface area contributed by atoms with Gasteiger partial charge in [-0.25, -0.2) is 18.4 Å². The minimum atomic E-state index is -2.93. The Morgan fingerprint density at radius 3 is 2.33 bits per heavy atom. The first kappa shape index (κ1) is 14.8. The van der Waals surface area contributed by atoms with Gasteiger partial charge in [0.1, 0.15) is 0 Å². The summed E-state index contributed by atoms with van der Waals surface area (Å²) in [7, 11) is -2.93. The molecule has 7 nitrogen and oxygen atoms in total. The molecule has 8 heteroatoms. The van der Waals surface area contributed by atoms with Gasteiger partial charge in [0.05, 0.1) is 6.26 Å². The summed E-state index contributed by atoms with van der Waals surface area (Å²) in [6.07, 6.45) is 2.88. The van der Waals surface area contributed by atoms with Gasteiger partial charge >= 0.3 is 0 Å². The highest BCUT2D eigenvalue weighted by atomic mass is 32.2. The molecule has 1 aliphatic heterocycles. The van der Waals surface area contributed by atoms with E-state index in [4.69, 9.17) is 5.73 Å². The van der Waals surface area contributed by atoms with Crippen LogP contribution >= 0.6 is 0 Å². The molecule has 0 saturated carbocycles. The molecule has 2 heterocycles. The number of rotatable bonds is 1. The maximum absolute atomic E-state index is 10.9. The van der Waals surface area contributed by atoms with E-state index in [0.29, 0.717) is 19.0 Å². The van der Waals surface area contributed by atoms with E-state index in [2.05, 4.69) is 15.3 Å². The number of piperazine rings is 1. The van der Waals surface area contributed by atoms with Crippen LogP contribution in [0.4, 0.5) is 5.95 Å². The Balaban J connectivity index is 0.000000184. The van der Waals surface area contributed by atoms with Crippen LogP contribution in [0.5, 0.6) is 0 Å². The molecule has 1 aliphatic rings. The Hall–Kier alpha value is -1.25. The summed E-state index contributed by atoms with van der Waals surface area (Å²) >= 11 is 0. The van der Waals surface area contributed by atoms with Gasteiger partial charge < -0.3 is 11.1 Å². The number of aromatic nitrogens is 2. The predicted octanol–water partition coefficient (Wildman–Crippen LogP) is -0.782. The third-order valence-electron chi connectivity index (χ3n) is 2.36. The lowest BCUT2D eigenvalue weighted by Gasteiger charge is -2.24. The standard InChI is InChI=1S/C5H7N3.C5H12N2O2S/c1-4-2-3-7-5(6)8-4;1-10(8,9)7-4-2-6-3-5-7/h2-3H,1H3,(H2,6,7,8);6H,2-5H2,1H3. The third-order valence-corrected chi connectivity index (χ3v) is 3.66. The van der Waals surface area contributed by atoms with E-state index in [0.717, 1.165) is 18.8 Å². The van der Waals surface area contributed by atoms with Gasteiger partial charge in [0.15, 0.2) is 0 Å². The Morgan fingerprint density at radius 2 is 2.00 bits per heavy atom. The highest BCUT2D eigenvalue weighted by Gasteiger charge is 2.17. The third kappa shape index (κ3) is 5.39. The molecule has 0 bridgehead atoms. The van der Waals surface area contributed by atoms with Gasteiger partial charge in [0, 0.05) is 38.1 Å². The fourth-order valence-electron chi connectivity index (χ4n) is 1.44. The molecule has 0 unspecified atom stereocenters. The molecule has 0 aliphatic carbocycles. The second kappa shape index (κ2) is 6.62. The van der Waals surface area contributed by atoms with Crippen LogP contribution in [0.25, 0.3) is 0 Å². The van der Waals surface area contributed by atoms with Gasteiger partial charge in [-0.05, 0) is 13.0 Å². The van der Waals surface area contributed by atoms with E-state index < -0.39 is 10.0 Å². The fraction of sp³-hybridized carbons (Fsp3) is 0.600. The fourth-order valence-corrected chi connectivity index (χ4v) is 2.29. The quantitative estimate of drug-likeness (QED) is 0.696. The van der Waals surface area contributed by atoms with E-state index in [1.165, 1.54) is 10.6 Å². The molecular formula is C10H19N5O2S. The summed E-state index contributed by atoms with van der Waals surface area (Å²) in [5.74, 6) is 0.338. The van der Waals surface area contributed by atoms with Gasteiger partial charge in [-0.15, -0.1) is 0 Å². The molecule has 0 aromatic carbocycles. The lowest BCUT2D eigenvalue weighted by Crippen LogP contribution is -2.45. The summed E-state index contributed by atoms with van der Waals surface area (Å²) in [5.41, 5.74) is 6.14. The largest absolute Gasteiger partial charge is 0.368 e. The number of aryl methyl sites for hydroxylation is 1. The van der Waals surface area contributed by atoms with Crippen molar-refractivity contribution in [3.05, 3.63) is 18.0 Å². The highest BCUT2D eigenvalue weighted by Crippen LogP contribution is 1.98. The highest BCUT2D eigenvalue weighted by molar-refractivity contribution is 7.88. The van der Waals surface area contributed by atoms with Gasteiger partial charge in [-0.1, -0.05) is 0 Å². The molecule has 0 atom stereocenters. The van der Waals surface area contributed by atoms with Crippen molar-refractivity contribution < 1.29 is 8.42 Å². The summed E-state index contributed by atoms with van der Waals surface area (Å²) in [6, 6.07) is 1.80. The van der Waals surface area contributed by atoms with Crippen LogP contribution < -0.4 is 11.1 Å². The number of sulfonamides is 1. The Kier molecular flexibility index (Phi) is 5.45. The molecule has 0 amide bonds. The molecule has 0 radical (unpaired) electrons. The molecule has 102 valence electrons. The van der Waals surface area contributed by atoms with Gasteiger partial charge in [0.2, 0.25) is 16.0 Å². The van der Waals surface area contributed by atoms with Crippen molar-refractivity contribution in [2.75, 3.05) is 38.2 Å². The lowest BCUT2D eigenvalue weighted by molar-refractivity contribution is 0.363. The Labute approximate surface area is 107 Å². The average molecular weight is 273 g/mol. The topological polar surface area (TPSA) is 101 Å². The molecule has 2 rings (SSSR count). The summed E-state index contributed by atoms with van der Waals surface area (Å²) in [6.45, 7) is 4.63. The first-order chi connectivity index (χ1) is 8.39. The van der Waals surface area contributed by atoms with Crippen molar-refractivity contribution in [2.45, 2.75) is 6.92 Å². The number of nitrogens with one attached hydrogen (secondary N) is 1. The maximum Gasteiger partial charge on any atom is 0.220 e. The van der Waals surface area contributed by atoms with E-state index in [9.17, 15) is 8.42 Å². The second-order valence-electron chi connectivity index (χ2n) is 3.97. The zero-order chi connectivity index (χ0) is 13.6. The molecular weight excluding hydrogens is 254 g/mol. The predicted molar refractivity (Wildman–Crippen MR) is 70.5 cm³/mol.